The van der Waals surface area contributed by atoms with Crippen LogP contribution in [0.25, 0.3) is 0 Å². The number of aromatic nitrogens is 1. The summed E-state index contributed by atoms with van der Waals surface area (Å²) in [6, 6.07) is 5.27. The van der Waals surface area contributed by atoms with E-state index in [0.717, 1.165) is 46.6 Å². The SMILES string of the molecule is CC1(C)Cc2nc(C(C)(C)C)c3c(c2C(O)C1)C1(CCOCC1)OC3c1ccc(C(F)(F)F)cc1. The van der Waals surface area contributed by atoms with E-state index in [2.05, 4.69) is 34.6 Å². The van der Waals surface area contributed by atoms with Gasteiger partial charge >= 0.3 is 6.18 Å². The molecule has 1 aliphatic carbocycles. The third-order valence-corrected chi connectivity index (χ3v) is 7.69. The van der Waals surface area contributed by atoms with Gasteiger partial charge < -0.3 is 14.6 Å². The van der Waals surface area contributed by atoms with Gasteiger partial charge in [0.2, 0.25) is 0 Å². The Morgan fingerprint density at radius 1 is 1.00 bits per heavy atom. The van der Waals surface area contributed by atoms with Crippen LogP contribution in [0.15, 0.2) is 24.3 Å². The molecule has 1 aromatic heterocycles. The molecule has 0 amide bonds. The minimum Gasteiger partial charge on any atom is -0.388 e. The predicted molar refractivity (Wildman–Crippen MR) is 126 cm³/mol. The Balaban J connectivity index is 1.77. The normalized spacial score (nSPS) is 25.4. The molecule has 1 fully saturated rings. The summed E-state index contributed by atoms with van der Waals surface area (Å²) in [6.45, 7) is 11.7. The molecule has 2 atom stereocenters. The van der Waals surface area contributed by atoms with Crippen LogP contribution in [0.5, 0.6) is 0 Å². The first kappa shape index (κ1) is 24.7. The smallest absolute Gasteiger partial charge is 0.388 e. The van der Waals surface area contributed by atoms with Gasteiger partial charge in [-0.05, 0) is 41.5 Å². The van der Waals surface area contributed by atoms with Gasteiger partial charge in [-0.2, -0.15) is 13.2 Å². The molecule has 3 aliphatic rings. The van der Waals surface area contributed by atoms with Crippen molar-refractivity contribution in [3.8, 4) is 0 Å². The van der Waals surface area contributed by atoms with Gasteiger partial charge in [0.1, 0.15) is 6.10 Å². The topological polar surface area (TPSA) is 51.6 Å². The third kappa shape index (κ3) is 4.19. The maximum Gasteiger partial charge on any atom is 0.416 e. The van der Waals surface area contributed by atoms with Gasteiger partial charge in [0.05, 0.1) is 23.0 Å². The molecule has 1 aromatic carbocycles. The standard InChI is InChI=1S/C28H34F3NO3/c1-25(2,3)24-21-22(20-18(32-24)14-26(4,5)15-19(20)33)27(10-12-34-13-11-27)35-23(21)16-6-8-17(9-7-16)28(29,30)31/h6-9,19,23,33H,10-15H2,1-5H3. The van der Waals surface area contributed by atoms with Crippen LogP contribution in [0, 0.1) is 5.41 Å². The van der Waals surface area contributed by atoms with Gasteiger partial charge in [0.15, 0.2) is 0 Å². The molecule has 35 heavy (non-hydrogen) atoms. The third-order valence-electron chi connectivity index (χ3n) is 7.69. The van der Waals surface area contributed by atoms with Crippen molar-refractivity contribution >= 4 is 0 Å². The van der Waals surface area contributed by atoms with E-state index >= 15 is 0 Å². The van der Waals surface area contributed by atoms with E-state index in [4.69, 9.17) is 14.5 Å². The van der Waals surface area contributed by atoms with Crippen LogP contribution in [0.4, 0.5) is 13.2 Å². The van der Waals surface area contributed by atoms with Crippen LogP contribution in [0.3, 0.4) is 0 Å². The number of pyridine rings is 1. The van der Waals surface area contributed by atoms with E-state index in [0.29, 0.717) is 38.0 Å². The molecule has 0 saturated carbocycles. The van der Waals surface area contributed by atoms with Gasteiger partial charge in [0, 0.05) is 48.3 Å². The number of aliphatic hydroxyl groups is 1. The Kier molecular flexibility index (Phi) is 5.67. The molecule has 190 valence electrons. The lowest BCUT2D eigenvalue weighted by Crippen LogP contribution is -2.37. The van der Waals surface area contributed by atoms with Crippen molar-refractivity contribution < 1.29 is 27.8 Å². The number of rotatable bonds is 1. The molecule has 0 bridgehead atoms. The monoisotopic (exact) mass is 489 g/mol. The lowest BCUT2D eigenvalue weighted by Gasteiger charge is -2.40. The highest BCUT2D eigenvalue weighted by Gasteiger charge is 2.53. The molecule has 0 radical (unpaired) electrons. The maximum atomic E-state index is 13.3. The average Bonchev–Trinajstić information content (AvgIpc) is 3.05. The summed E-state index contributed by atoms with van der Waals surface area (Å²) in [6.07, 6.45) is -2.98. The molecule has 1 saturated heterocycles. The molecule has 2 unspecified atom stereocenters. The lowest BCUT2D eigenvalue weighted by atomic mass is 9.69. The second kappa shape index (κ2) is 8.02. The number of alkyl halides is 3. The first-order valence-electron chi connectivity index (χ1n) is 12.4. The largest absolute Gasteiger partial charge is 0.416 e. The number of hydrogen-bond acceptors (Lipinski definition) is 4. The van der Waals surface area contributed by atoms with Gasteiger partial charge in [-0.1, -0.05) is 46.8 Å². The number of hydrogen-bond donors (Lipinski definition) is 1. The summed E-state index contributed by atoms with van der Waals surface area (Å²) in [5, 5.41) is 11.4. The lowest BCUT2D eigenvalue weighted by molar-refractivity contribution is -0.137. The predicted octanol–water partition coefficient (Wildman–Crippen LogP) is 6.53. The second-order valence-electron chi connectivity index (χ2n) is 12.1. The zero-order valence-corrected chi connectivity index (χ0v) is 21.1. The first-order chi connectivity index (χ1) is 16.2. The van der Waals surface area contributed by atoms with Gasteiger partial charge in [0.25, 0.3) is 0 Å². The Morgan fingerprint density at radius 2 is 1.63 bits per heavy atom. The summed E-state index contributed by atoms with van der Waals surface area (Å²) in [5.41, 5.74) is 3.51. The van der Waals surface area contributed by atoms with Crippen molar-refractivity contribution in [1.82, 2.24) is 4.98 Å². The van der Waals surface area contributed by atoms with E-state index in [1.807, 2.05) is 0 Å². The van der Waals surface area contributed by atoms with Crippen molar-refractivity contribution in [2.45, 2.75) is 89.7 Å². The molecule has 1 N–H and O–H groups in total. The fourth-order valence-electron chi connectivity index (χ4n) is 6.12. The Bertz CT molecular complexity index is 1130. The fourth-order valence-corrected chi connectivity index (χ4v) is 6.12. The van der Waals surface area contributed by atoms with Crippen molar-refractivity contribution in [2.75, 3.05) is 13.2 Å². The Morgan fingerprint density at radius 3 is 2.20 bits per heavy atom. The molecule has 1 spiro atoms. The molecule has 7 heteroatoms. The summed E-state index contributed by atoms with van der Waals surface area (Å²) in [7, 11) is 0. The second-order valence-corrected chi connectivity index (χ2v) is 12.1. The Hall–Kier alpha value is -1.96. The molecule has 2 aliphatic heterocycles. The van der Waals surface area contributed by atoms with Crippen LogP contribution in [0.1, 0.15) is 105 Å². The maximum absolute atomic E-state index is 13.3. The van der Waals surface area contributed by atoms with Crippen molar-refractivity contribution in [3.63, 3.8) is 0 Å². The summed E-state index contributed by atoms with van der Waals surface area (Å²) < 4.78 is 52.3. The number of halogens is 3. The molecule has 4 nitrogen and oxygen atoms in total. The highest BCUT2D eigenvalue weighted by molar-refractivity contribution is 5.55. The van der Waals surface area contributed by atoms with Crippen LogP contribution in [0.2, 0.25) is 0 Å². The number of benzene rings is 1. The van der Waals surface area contributed by atoms with Gasteiger partial charge in [-0.25, -0.2) is 0 Å². The Labute approximate surface area is 204 Å². The quantitative estimate of drug-likeness (QED) is 0.495. The number of aliphatic hydroxyl groups excluding tert-OH is 1. The van der Waals surface area contributed by atoms with E-state index < -0.39 is 29.5 Å². The highest BCUT2D eigenvalue weighted by Crippen LogP contribution is 2.58. The highest BCUT2D eigenvalue weighted by atomic mass is 19.4. The molecular formula is C28H34F3NO3. The molecule has 5 rings (SSSR count). The molecule has 3 heterocycles. The van der Waals surface area contributed by atoms with Crippen LogP contribution in [-0.4, -0.2) is 23.3 Å². The van der Waals surface area contributed by atoms with Crippen molar-refractivity contribution in [2.24, 2.45) is 5.41 Å². The molecule has 2 aromatic rings. The van der Waals surface area contributed by atoms with Crippen LogP contribution < -0.4 is 0 Å². The number of ether oxygens (including phenoxy) is 2. The van der Waals surface area contributed by atoms with E-state index in [-0.39, 0.29) is 10.8 Å². The van der Waals surface area contributed by atoms with Gasteiger partial charge in [-0.3, -0.25) is 4.98 Å². The van der Waals surface area contributed by atoms with E-state index in [1.165, 1.54) is 12.1 Å². The summed E-state index contributed by atoms with van der Waals surface area (Å²) in [5.74, 6) is 0. The van der Waals surface area contributed by atoms with Crippen LogP contribution in [-0.2, 0) is 33.1 Å². The average molecular weight is 490 g/mol. The van der Waals surface area contributed by atoms with E-state index in [9.17, 15) is 18.3 Å². The van der Waals surface area contributed by atoms with Crippen LogP contribution >= 0.6 is 0 Å². The minimum absolute atomic E-state index is 0.0854. The molecular weight excluding hydrogens is 455 g/mol. The number of fused-ring (bicyclic) bond motifs is 4. The number of nitrogens with zero attached hydrogens (tertiary/aromatic N) is 1. The fraction of sp³-hybridized carbons (Fsp3) is 0.607. The zero-order valence-electron chi connectivity index (χ0n) is 21.1. The summed E-state index contributed by atoms with van der Waals surface area (Å²) >= 11 is 0. The van der Waals surface area contributed by atoms with E-state index in [1.54, 1.807) is 0 Å². The van der Waals surface area contributed by atoms with Crippen molar-refractivity contribution in [1.29, 1.82) is 0 Å². The van der Waals surface area contributed by atoms with Gasteiger partial charge in [-0.15, -0.1) is 0 Å². The van der Waals surface area contributed by atoms with Crippen molar-refractivity contribution in [3.05, 3.63) is 63.5 Å². The minimum atomic E-state index is -4.40. The summed E-state index contributed by atoms with van der Waals surface area (Å²) in [4.78, 5) is 5.16. The first-order valence-corrected chi connectivity index (χ1v) is 12.4. The zero-order chi connectivity index (χ0) is 25.4.